The Balaban J connectivity index is -0.00000167. The van der Waals surface area contributed by atoms with Crippen LogP contribution in [0.2, 0.25) is 0 Å². The quantitative estimate of drug-likeness (QED) is 0.0793. The van der Waals surface area contributed by atoms with Gasteiger partial charge in [0.05, 0.1) is 29.8 Å². The van der Waals surface area contributed by atoms with Gasteiger partial charge in [-0.1, -0.05) is 72.9 Å². The number of terminal acetylenes is 3. The normalized spacial score (nSPS) is 9.71. The molecule has 0 spiro atoms. The Hall–Kier alpha value is -6.98. The summed E-state index contributed by atoms with van der Waals surface area (Å²) in [4.78, 5) is 45.9. The Morgan fingerprint density at radius 3 is 1.67 bits per heavy atom. The number of H-pyrrole nitrogens is 2. The molecule has 0 aliphatic carbocycles. The number of amides is 2. The number of fused-ring (bicyclic) bond motifs is 6. The van der Waals surface area contributed by atoms with Crippen LogP contribution >= 0.6 is 0 Å². The van der Waals surface area contributed by atoms with Crippen molar-refractivity contribution in [3.05, 3.63) is 89.9 Å². The van der Waals surface area contributed by atoms with Gasteiger partial charge in [0.2, 0.25) is 11.8 Å². The number of imidazole rings is 2. The van der Waals surface area contributed by atoms with Crippen LogP contribution in [-0.2, 0) is 38.8 Å². The third-order valence-corrected chi connectivity index (χ3v) is 9.33. The molecule has 1 aliphatic rings. The van der Waals surface area contributed by atoms with Gasteiger partial charge in [0.25, 0.3) is 0 Å². The van der Waals surface area contributed by atoms with Gasteiger partial charge in [-0.15, -0.1) is 38.5 Å². The average Bonchev–Trinajstić information content (AvgIpc) is 3.96. The van der Waals surface area contributed by atoms with Crippen LogP contribution in [0.15, 0.2) is 67.0 Å². The van der Waals surface area contributed by atoms with Crippen LogP contribution in [0.1, 0.15) is 117 Å². The molecule has 5 N–H and O–H groups in total. The summed E-state index contributed by atoms with van der Waals surface area (Å²) in [5.41, 5.74) is 14.7. The summed E-state index contributed by atoms with van der Waals surface area (Å²) < 4.78 is 14.9. The number of hydrogen-bond donors (Lipinski definition) is 4. The molecule has 13 nitrogen and oxygen atoms in total. The number of carbonyl (C=O) groups excluding carboxylic acids is 2. The summed E-state index contributed by atoms with van der Waals surface area (Å²) in [6, 6.07) is 15.0. The molecule has 0 saturated heterocycles. The predicted octanol–water partition coefficient (Wildman–Crippen LogP) is 11.6. The SMILES string of the molecule is C#C.C#C.C#C.C=C(C)N.C=C(C)NC.CC.CCCC(=O)N(CCC)Cc1nc(-c2ccc3c(c2)COc2cc4c(ccc5[nH]c(CN(CCC)C(=O)CCC)nc54)cc2-3)c(C)[nH]1.COC.COC. The van der Waals surface area contributed by atoms with E-state index in [1.54, 1.807) is 35.4 Å². The largest absolute Gasteiger partial charge is 0.488 e. The summed E-state index contributed by atoms with van der Waals surface area (Å²) >= 11 is 0. The molecule has 3 aromatic carbocycles. The van der Waals surface area contributed by atoms with E-state index in [0.717, 1.165) is 117 Å². The molecular formula is C57H86N8O5. The van der Waals surface area contributed by atoms with E-state index in [1.165, 1.54) is 0 Å². The zero-order chi connectivity index (χ0) is 54.4. The van der Waals surface area contributed by atoms with E-state index in [0.29, 0.717) is 38.2 Å². The lowest BCUT2D eigenvalue weighted by Gasteiger charge is -2.22. The standard InChI is InChI=1S/C38H46N6O3.C4H9N.C3H7N.2C2H6O.C2H6.3C2H2/c1-6-10-35(45)43(16-8-3)21-33-39-24(5)37(41-33)26-12-14-28-27(18-26)23-47-32-20-29-25(19-30(28)32)13-15-31-38(29)42-34(40-31)22-44(17-9-4)36(46)11-7-2;1-4(2)5-3;1-3(2)4;2*1-3-2;4*1-2/h12-15,18-20H,6-11,16-17,21-23H2,1-5H3,(H,39,41)(H,40,42);5H,1H2,2-3H3;1,4H2,2H3;2*1-2H3;1-2H3;3*1-2H. The smallest absolute Gasteiger partial charge is 0.222 e. The molecule has 0 bridgehead atoms. The number of aromatic amines is 2. The first kappa shape index (κ1) is 67.3. The molecule has 384 valence electrons. The summed E-state index contributed by atoms with van der Waals surface area (Å²) in [6.07, 6.45) is 28.6. The first-order chi connectivity index (χ1) is 33.7. The fraction of sp³-hybridized carbons (Fsp3) is 0.439. The fourth-order valence-electron chi connectivity index (χ4n) is 6.67. The number of nitrogens with two attached hydrogens (primary N) is 1. The van der Waals surface area contributed by atoms with E-state index in [4.69, 9.17) is 20.4 Å². The van der Waals surface area contributed by atoms with Crippen molar-refractivity contribution in [2.75, 3.05) is 48.6 Å². The van der Waals surface area contributed by atoms with Crippen LogP contribution in [0.3, 0.4) is 0 Å². The molecular weight excluding hydrogens is 877 g/mol. The molecule has 6 rings (SSSR count). The third kappa shape index (κ3) is 22.9. The Morgan fingerprint density at radius 2 is 1.23 bits per heavy atom. The van der Waals surface area contributed by atoms with E-state index in [9.17, 15) is 9.59 Å². The Kier molecular flexibility index (Phi) is 38.4. The van der Waals surface area contributed by atoms with Crippen molar-refractivity contribution >= 4 is 33.6 Å². The molecule has 0 fully saturated rings. The summed E-state index contributed by atoms with van der Waals surface area (Å²) in [5, 5.41) is 4.95. The number of rotatable bonds is 14. The molecule has 13 heteroatoms. The Bertz CT molecular complexity index is 2320. The minimum atomic E-state index is 0.171. The molecule has 0 saturated carbocycles. The second kappa shape index (κ2) is 40.0. The molecule has 5 aromatic rings. The van der Waals surface area contributed by atoms with E-state index >= 15 is 0 Å². The van der Waals surface area contributed by atoms with Crippen molar-refractivity contribution in [3.63, 3.8) is 0 Å². The van der Waals surface area contributed by atoms with Gasteiger partial charge in [0.1, 0.15) is 24.0 Å². The maximum atomic E-state index is 12.7. The van der Waals surface area contributed by atoms with Crippen LogP contribution < -0.4 is 15.8 Å². The molecule has 0 radical (unpaired) electrons. The lowest BCUT2D eigenvalue weighted by atomic mass is 9.92. The number of nitrogens with zero attached hydrogens (tertiary/aromatic N) is 4. The highest BCUT2D eigenvalue weighted by Gasteiger charge is 2.23. The highest BCUT2D eigenvalue weighted by molar-refractivity contribution is 6.07. The zero-order valence-electron chi connectivity index (χ0n) is 45.1. The number of ether oxygens (including phenoxy) is 3. The third-order valence-electron chi connectivity index (χ3n) is 9.33. The lowest BCUT2D eigenvalue weighted by Crippen LogP contribution is -2.31. The molecule has 0 unspecified atom stereocenters. The fourth-order valence-corrected chi connectivity index (χ4v) is 6.67. The number of aryl methyl sites for hydroxylation is 1. The van der Waals surface area contributed by atoms with Crippen LogP contribution in [0.5, 0.6) is 5.75 Å². The van der Waals surface area contributed by atoms with Gasteiger partial charge in [0.15, 0.2) is 0 Å². The van der Waals surface area contributed by atoms with E-state index in [1.807, 2.05) is 58.4 Å². The molecule has 2 amide bonds. The van der Waals surface area contributed by atoms with Crippen LogP contribution in [0.4, 0.5) is 0 Å². The first-order valence-corrected chi connectivity index (χ1v) is 23.5. The molecule has 2 aromatic heterocycles. The number of nitrogens with one attached hydrogen (secondary N) is 3. The highest BCUT2D eigenvalue weighted by Crippen LogP contribution is 2.42. The summed E-state index contributed by atoms with van der Waals surface area (Å²) in [5.74, 6) is 2.79. The summed E-state index contributed by atoms with van der Waals surface area (Å²) in [6.45, 7) is 27.7. The van der Waals surface area contributed by atoms with Crippen molar-refractivity contribution in [1.82, 2.24) is 35.1 Å². The van der Waals surface area contributed by atoms with Gasteiger partial charge in [-0.3, -0.25) is 9.59 Å². The number of aromatic nitrogens is 4. The lowest BCUT2D eigenvalue weighted by molar-refractivity contribution is -0.132. The molecule has 3 heterocycles. The van der Waals surface area contributed by atoms with Gasteiger partial charge < -0.3 is 45.0 Å². The molecule has 70 heavy (non-hydrogen) atoms. The second-order valence-corrected chi connectivity index (χ2v) is 15.4. The number of hydrogen-bond acceptors (Lipinski definition) is 9. The van der Waals surface area contributed by atoms with Crippen LogP contribution in [0.25, 0.3) is 44.2 Å². The van der Waals surface area contributed by atoms with Crippen molar-refractivity contribution in [2.45, 2.75) is 121 Å². The summed E-state index contributed by atoms with van der Waals surface area (Å²) in [7, 11) is 8.35. The Morgan fingerprint density at radius 1 is 0.757 bits per heavy atom. The Labute approximate surface area is 422 Å². The maximum Gasteiger partial charge on any atom is 0.222 e. The van der Waals surface area contributed by atoms with E-state index in [2.05, 4.69) is 133 Å². The number of benzene rings is 3. The van der Waals surface area contributed by atoms with Gasteiger partial charge in [-0.25, -0.2) is 9.97 Å². The van der Waals surface area contributed by atoms with Gasteiger partial charge in [0, 0.05) is 83.6 Å². The van der Waals surface area contributed by atoms with Crippen molar-refractivity contribution in [1.29, 1.82) is 0 Å². The van der Waals surface area contributed by atoms with Crippen LogP contribution in [0, 0.1) is 45.5 Å². The maximum absolute atomic E-state index is 12.7. The van der Waals surface area contributed by atoms with E-state index < -0.39 is 0 Å². The number of methoxy groups -OCH3 is 2. The monoisotopic (exact) mass is 963 g/mol. The predicted molar refractivity (Wildman–Crippen MR) is 297 cm³/mol. The topological polar surface area (TPSA) is 164 Å². The zero-order valence-corrected chi connectivity index (χ0v) is 45.1. The number of allylic oxidation sites excluding steroid dienone is 2. The first-order valence-electron chi connectivity index (χ1n) is 23.5. The highest BCUT2D eigenvalue weighted by atomic mass is 16.5. The van der Waals surface area contributed by atoms with E-state index in [-0.39, 0.29) is 11.8 Å². The minimum absolute atomic E-state index is 0.171. The average molecular weight is 963 g/mol. The minimum Gasteiger partial charge on any atom is -0.488 e. The van der Waals surface area contributed by atoms with Crippen LogP contribution in [-0.4, -0.2) is 90.1 Å². The number of carbonyl (C=O) groups is 2. The van der Waals surface area contributed by atoms with Crippen molar-refractivity contribution < 1.29 is 23.8 Å². The van der Waals surface area contributed by atoms with Gasteiger partial charge in [-0.05, 0) is 98.6 Å². The van der Waals surface area contributed by atoms with Gasteiger partial charge in [-0.2, -0.15) is 0 Å². The van der Waals surface area contributed by atoms with Crippen molar-refractivity contribution in [3.8, 4) is 66.7 Å². The molecule has 1 aliphatic heterocycles. The second-order valence-electron chi connectivity index (χ2n) is 15.4. The molecule has 0 atom stereocenters. The van der Waals surface area contributed by atoms with Gasteiger partial charge >= 0.3 is 0 Å². The van der Waals surface area contributed by atoms with Crippen molar-refractivity contribution in [2.24, 2.45) is 5.73 Å².